The number of anilines is 2. The maximum Gasteiger partial charge on any atom is 0.323 e. The summed E-state index contributed by atoms with van der Waals surface area (Å²) < 4.78 is 5.25. The second kappa shape index (κ2) is 5.81. The number of aliphatic hydroxyl groups is 1. The van der Waals surface area contributed by atoms with Gasteiger partial charge < -0.3 is 20.5 Å². The van der Waals surface area contributed by atoms with Gasteiger partial charge in [-0.2, -0.15) is 15.0 Å². The molecule has 0 aromatic carbocycles. The number of piperidine rings is 1. The molecule has 0 aliphatic carbocycles. The largest absolute Gasteiger partial charge is 0.464 e. The molecule has 1 fully saturated rings. The first-order valence-corrected chi connectivity index (χ1v) is 6.23. The molecule has 0 unspecified atom stereocenters. The van der Waals surface area contributed by atoms with Crippen molar-refractivity contribution in [2.45, 2.75) is 19.8 Å². The van der Waals surface area contributed by atoms with Crippen molar-refractivity contribution in [3.05, 3.63) is 0 Å². The molecular weight excluding hydrogens is 234 g/mol. The van der Waals surface area contributed by atoms with E-state index < -0.39 is 0 Å². The fraction of sp³-hybridized carbons (Fsp3) is 0.727. The lowest BCUT2D eigenvalue weighted by atomic mass is 9.98. The molecule has 2 heterocycles. The van der Waals surface area contributed by atoms with Crippen molar-refractivity contribution in [3.63, 3.8) is 0 Å². The molecule has 0 amide bonds. The summed E-state index contributed by atoms with van der Waals surface area (Å²) in [5.41, 5.74) is 5.64. The van der Waals surface area contributed by atoms with Gasteiger partial charge in [-0.1, -0.05) is 0 Å². The molecule has 1 aliphatic heterocycles. The number of hydrogen-bond acceptors (Lipinski definition) is 7. The van der Waals surface area contributed by atoms with Crippen molar-refractivity contribution in [2.24, 2.45) is 5.92 Å². The Labute approximate surface area is 106 Å². The molecule has 7 heteroatoms. The first-order chi connectivity index (χ1) is 8.72. The fourth-order valence-electron chi connectivity index (χ4n) is 2.01. The number of rotatable bonds is 4. The summed E-state index contributed by atoms with van der Waals surface area (Å²) in [6, 6.07) is 0.268. The molecule has 3 N–H and O–H groups in total. The summed E-state index contributed by atoms with van der Waals surface area (Å²) in [6.07, 6.45) is 1.87. The Morgan fingerprint density at radius 1 is 1.33 bits per heavy atom. The van der Waals surface area contributed by atoms with E-state index in [0.29, 0.717) is 18.5 Å². The highest BCUT2D eigenvalue weighted by Gasteiger charge is 2.21. The number of aliphatic hydroxyl groups excluding tert-OH is 1. The van der Waals surface area contributed by atoms with Crippen LogP contribution in [-0.4, -0.2) is 46.4 Å². The summed E-state index contributed by atoms with van der Waals surface area (Å²) in [4.78, 5) is 14.3. The van der Waals surface area contributed by atoms with E-state index >= 15 is 0 Å². The van der Waals surface area contributed by atoms with Gasteiger partial charge >= 0.3 is 6.01 Å². The van der Waals surface area contributed by atoms with Crippen molar-refractivity contribution in [1.82, 2.24) is 15.0 Å². The molecule has 0 bridgehead atoms. The van der Waals surface area contributed by atoms with E-state index in [0.717, 1.165) is 25.9 Å². The zero-order valence-electron chi connectivity index (χ0n) is 10.5. The van der Waals surface area contributed by atoms with Crippen LogP contribution in [-0.2, 0) is 0 Å². The van der Waals surface area contributed by atoms with Crippen molar-refractivity contribution in [2.75, 3.05) is 36.9 Å². The van der Waals surface area contributed by atoms with E-state index in [1.165, 1.54) is 0 Å². The van der Waals surface area contributed by atoms with E-state index in [9.17, 15) is 0 Å². The smallest absolute Gasteiger partial charge is 0.323 e. The minimum atomic E-state index is 0.174. The van der Waals surface area contributed by atoms with Gasteiger partial charge in [0.25, 0.3) is 0 Å². The molecule has 0 atom stereocenters. The molecule has 1 aliphatic rings. The zero-order chi connectivity index (χ0) is 13.0. The maximum absolute atomic E-state index is 9.11. The number of aromatic nitrogens is 3. The third-order valence-electron chi connectivity index (χ3n) is 3.05. The van der Waals surface area contributed by atoms with E-state index in [4.69, 9.17) is 15.6 Å². The van der Waals surface area contributed by atoms with Gasteiger partial charge in [0, 0.05) is 19.7 Å². The van der Waals surface area contributed by atoms with E-state index in [1.807, 2.05) is 11.8 Å². The van der Waals surface area contributed by atoms with Gasteiger partial charge in [0.15, 0.2) is 0 Å². The Bertz CT molecular complexity index is 393. The van der Waals surface area contributed by atoms with Crippen LogP contribution < -0.4 is 15.4 Å². The molecule has 0 saturated carbocycles. The Hall–Kier alpha value is -1.63. The van der Waals surface area contributed by atoms with Crippen molar-refractivity contribution < 1.29 is 9.84 Å². The molecule has 7 nitrogen and oxygen atoms in total. The molecular formula is C11H19N5O2. The average Bonchev–Trinajstić information content (AvgIpc) is 2.38. The number of ether oxygens (including phenoxy) is 1. The lowest BCUT2D eigenvalue weighted by molar-refractivity contribution is 0.202. The van der Waals surface area contributed by atoms with Crippen LogP contribution in [0.25, 0.3) is 0 Å². The minimum Gasteiger partial charge on any atom is -0.464 e. The van der Waals surface area contributed by atoms with Crippen LogP contribution in [0.2, 0.25) is 0 Å². The SMILES string of the molecule is CCOc1nc(N)nc(N2CCC(CO)CC2)n1. The molecule has 1 saturated heterocycles. The molecule has 0 radical (unpaired) electrons. The van der Waals surface area contributed by atoms with Gasteiger partial charge in [-0.15, -0.1) is 0 Å². The van der Waals surface area contributed by atoms with Gasteiger partial charge in [-0.3, -0.25) is 0 Å². The van der Waals surface area contributed by atoms with Crippen LogP contribution in [0.4, 0.5) is 11.9 Å². The Balaban J connectivity index is 2.08. The van der Waals surface area contributed by atoms with Crippen molar-refractivity contribution in [1.29, 1.82) is 0 Å². The lowest BCUT2D eigenvalue weighted by Gasteiger charge is -2.31. The average molecular weight is 253 g/mol. The van der Waals surface area contributed by atoms with E-state index in [-0.39, 0.29) is 18.6 Å². The van der Waals surface area contributed by atoms with Crippen LogP contribution in [0.1, 0.15) is 19.8 Å². The van der Waals surface area contributed by atoms with Gasteiger partial charge in [0.1, 0.15) is 0 Å². The predicted molar refractivity (Wildman–Crippen MR) is 67.4 cm³/mol. The fourth-order valence-corrected chi connectivity index (χ4v) is 2.01. The zero-order valence-corrected chi connectivity index (χ0v) is 10.5. The molecule has 2 rings (SSSR count). The summed E-state index contributed by atoms with van der Waals surface area (Å²) in [5, 5.41) is 9.11. The summed E-state index contributed by atoms with van der Waals surface area (Å²) >= 11 is 0. The summed E-state index contributed by atoms with van der Waals surface area (Å²) in [6.45, 7) is 4.25. The second-order valence-corrected chi connectivity index (χ2v) is 4.32. The maximum atomic E-state index is 9.11. The molecule has 1 aromatic rings. The Morgan fingerprint density at radius 2 is 2.06 bits per heavy atom. The summed E-state index contributed by atoms with van der Waals surface area (Å²) in [5.74, 6) is 1.11. The van der Waals surface area contributed by atoms with E-state index in [2.05, 4.69) is 15.0 Å². The standard InChI is InChI=1S/C11H19N5O2/c1-2-18-11-14-9(12)13-10(15-11)16-5-3-8(7-17)4-6-16/h8,17H,2-7H2,1H3,(H2,12,13,14,15). The lowest BCUT2D eigenvalue weighted by Crippen LogP contribution is -2.36. The van der Waals surface area contributed by atoms with Crippen LogP contribution in [0.5, 0.6) is 6.01 Å². The molecule has 18 heavy (non-hydrogen) atoms. The molecule has 100 valence electrons. The quantitative estimate of drug-likeness (QED) is 0.783. The van der Waals surface area contributed by atoms with Gasteiger partial charge in [0.2, 0.25) is 11.9 Å². The molecule has 1 aromatic heterocycles. The first-order valence-electron chi connectivity index (χ1n) is 6.23. The molecule has 0 spiro atoms. The highest BCUT2D eigenvalue weighted by atomic mass is 16.5. The number of nitrogen functional groups attached to an aromatic ring is 1. The van der Waals surface area contributed by atoms with Gasteiger partial charge in [0.05, 0.1) is 6.61 Å². The van der Waals surface area contributed by atoms with Crippen LogP contribution in [0, 0.1) is 5.92 Å². The van der Waals surface area contributed by atoms with Crippen LogP contribution in [0.3, 0.4) is 0 Å². The third-order valence-corrected chi connectivity index (χ3v) is 3.05. The minimum absolute atomic E-state index is 0.174. The normalized spacial score (nSPS) is 16.9. The highest BCUT2D eigenvalue weighted by molar-refractivity contribution is 5.36. The van der Waals surface area contributed by atoms with E-state index in [1.54, 1.807) is 0 Å². The summed E-state index contributed by atoms with van der Waals surface area (Å²) in [7, 11) is 0. The number of nitrogens with zero attached hydrogens (tertiary/aromatic N) is 4. The first kappa shape index (κ1) is 12.8. The number of nitrogens with two attached hydrogens (primary N) is 1. The topological polar surface area (TPSA) is 97.4 Å². The van der Waals surface area contributed by atoms with Crippen molar-refractivity contribution >= 4 is 11.9 Å². The second-order valence-electron chi connectivity index (χ2n) is 4.32. The van der Waals surface area contributed by atoms with Gasteiger partial charge in [-0.05, 0) is 25.7 Å². The van der Waals surface area contributed by atoms with Crippen molar-refractivity contribution in [3.8, 4) is 6.01 Å². The van der Waals surface area contributed by atoms with Gasteiger partial charge in [-0.25, -0.2) is 0 Å². The monoisotopic (exact) mass is 253 g/mol. The third kappa shape index (κ3) is 2.98. The highest BCUT2D eigenvalue weighted by Crippen LogP contribution is 2.21. The Kier molecular flexibility index (Phi) is 4.14. The predicted octanol–water partition coefficient (Wildman–Crippen LogP) is 0.0612. The van der Waals surface area contributed by atoms with Crippen LogP contribution in [0.15, 0.2) is 0 Å². The number of hydrogen-bond donors (Lipinski definition) is 2. The Morgan fingerprint density at radius 3 is 2.67 bits per heavy atom. The van der Waals surface area contributed by atoms with Crippen LogP contribution >= 0.6 is 0 Å².